The van der Waals surface area contributed by atoms with E-state index in [0.29, 0.717) is 24.4 Å². The van der Waals surface area contributed by atoms with Gasteiger partial charge < -0.3 is 14.0 Å². The van der Waals surface area contributed by atoms with Crippen molar-refractivity contribution in [3.05, 3.63) is 48.5 Å². The molecule has 0 radical (unpaired) electrons. The van der Waals surface area contributed by atoms with Crippen molar-refractivity contribution in [3.63, 3.8) is 0 Å². The fourth-order valence-corrected chi connectivity index (χ4v) is 3.58. The summed E-state index contributed by atoms with van der Waals surface area (Å²) in [4.78, 5) is 4.31. The average molecular weight is 360 g/mol. The summed E-state index contributed by atoms with van der Waals surface area (Å²) in [5.74, 6) is 1.46. The molecule has 6 nitrogen and oxygen atoms in total. The van der Waals surface area contributed by atoms with Crippen LogP contribution in [0.4, 0.5) is 0 Å². The molecule has 0 N–H and O–H groups in total. The molecule has 0 bridgehead atoms. The van der Waals surface area contributed by atoms with Gasteiger partial charge in [-0.15, -0.1) is 0 Å². The molecule has 0 saturated heterocycles. The van der Waals surface area contributed by atoms with Crippen LogP contribution in [0.5, 0.6) is 11.5 Å². The molecule has 25 heavy (non-hydrogen) atoms. The van der Waals surface area contributed by atoms with Crippen LogP contribution in [-0.4, -0.2) is 37.4 Å². The van der Waals surface area contributed by atoms with Crippen LogP contribution in [0, 0.1) is 0 Å². The molecule has 0 atom stereocenters. The van der Waals surface area contributed by atoms with Crippen molar-refractivity contribution < 1.29 is 17.9 Å². The molecule has 0 aliphatic carbocycles. The highest BCUT2D eigenvalue weighted by molar-refractivity contribution is 7.91. The number of imidazole rings is 1. The Morgan fingerprint density at radius 2 is 1.72 bits per heavy atom. The Morgan fingerprint density at radius 3 is 2.40 bits per heavy atom. The summed E-state index contributed by atoms with van der Waals surface area (Å²) >= 11 is 0. The lowest BCUT2D eigenvalue weighted by Crippen LogP contribution is -2.16. The second-order valence-electron chi connectivity index (χ2n) is 5.46. The standard InChI is InChI=1S/C18H20N2O4S/c1-3-25(21,22)18-19-16-6-4-5-7-17(16)20(18)12-13-24-15-10-8-14(23-2)9-11-15/h4-11H,3,12-13H2,1-2H3. The SMILES string of the molecule is CCS(=O)(=O)c1nc2ccccc2n1CCOc1ccc(OC)cc1. The molecule has 0 spiro atoms. The van der Waals surface area contributed by atoms with Crippen molar-refractivity contribution in [2.75, 3.05) is 19.5 Å². The Morgan fingerprint density at radius 1 is 1.04 bits per heavy atom. The normalized spacial score (nSPS) is 11.6. The van der Waals surface area contributed by atoms with Crippen LogP contribution >= 0.6 is 0 Å². The lowest BCUT2D eigenvalue weighted by atomic mass is 10.3. The summed E-state index contributed by atoms with van der Waals surface area (Å²) in [7, 11) is -1.81. The largest absolute Gasteiger partial charge is 0.497 e. The summed E-state index contributed by atoms with van der Waals surface area (Å²) in [6, 6.07) is 14.6. The third-order valence-corrected chi connectivity index (χ3v) is 5.55. The number of nitrogens with zero attached hydrogens (tertiary/aromatic N) is 2. The van der Waals surface area contributed by atoms with Gasteiger partial charge in [0.1, 0.15) is 18.1 Å². The number of aromatic nitrogens is 2. The molecule has 0 aliphatic heterocycles. The Labute approximate surface area is 146 Å². The molecule has 0 fully saturated rings. The fourth-order valence-electron chi connectivity index (χ4n) is 2.56. The van der Waals surface area contributed by atoms with Gasteiger partial charge in [-0.3, -0.25) is 0 Å². The zero-order chi connectivity index (χ0) is 17.9. The molecule has 132 valence electrons. The number of rotatable bonds is 7. The average Bonchev–Trinajstić information content (AvgIpc) is 3.02. The summed E-state index contributed by atoms with van der Waals surface area (Å²) in [6.07, 6.45) is 0. The van der Waals surface area contributed by atoms with E-state index in [1.165, 1.54) is 0 Å². The third-order valence-electron chi connectivity index (χ3n) is 3.92. The fraction of sp³-hybridized carbons (Fsp3) is 0.278. The summed E-state index contributed by atoms with van der Waals surface area (Å²) in [5, 5.41) is 0.0922. The number of para-hydroxylation sites is 2. The van der Waals surface area contributed by atoms with Crippen LogP contribution in [0.2, 0.25) is 0 Å². The van der Waals surface area contributed by atoms with Gasteiger partial charge in [-0.25, -0.2) is 13.4 Å². The second kappa shape index (κ2) is 7.14. The van der Waals surface area contributed by atoms with Crippen LogP contribution in [0.3, 0.4) is 0 Å². The molecular weight excluding hydrogens is 340 g/mol. The smallest absolute Gasteiger partial charge is 0.228 e. The van der Waals surface area contributed by atoms with Crippen LogP contribution in [0.1, 0.15) is 6.92 Å². The minimum Gasteiger partial charge on any atom is -0.497 e. The van der Waals surface area contributed by atoms with Gasteiger partial charge in [-0.2, -0.15) is 0 Å². The lowest BCUT2D eigenvalue weighted by Gasteiger charge is -2.11. The van der Waals surface area contributed by atoms with E-state index < -0.39 is 9.84 Å². The van der Waals surface area contributed by atoms with Crippen LogP contribution in [0.15, 0.2) is 53.7 Å². The zero-order valence-electron chi connectivity index (χ0n) is 14.2. The maximum Gasteiger partial charge on any atom is 0.228 e. The van der Waals surface area contributed by atoms with Gasteiger partial charge in [0.25, 0.3) is 0 Å². The van der Waals surface area contributed by atoms with Crippen molar-refractivity contribution in [1.82, 2.24) is 9.55 Å². The van der Waals surface area contributed by atoms with E-state index in [0.717, 1.165) is 11.3 Å². The highest BCUT2D eigenvalue weighted by Crippen LogP contribution is 2.21. The van der Waals surface area contributed by atoms with Crippen LogP contribution in [0.25, 0.3) is 11.0 Å². The highest BCUT2D eigenvalue weighted by atomic mass is 32.2. The molecule has 1 aromatic heterocycles. The van der Waals surface area contributed by atoms with E-state index >= 15 is 0 Å². The van der Waals surface area contributed by atoms with Crippen molar-refractivity contribution in [1.29, 1.82) is 0 Å². The number of ether oxygens (including phenoxy) is 2. The minimum absolute atomic E-state index is 0.00958. The molecule has 7 heteroatoms. The predicted molar refractivity (Wildman–Crippen MR) is 95.9 cm³/mol. The van der Waals surface area contributed by atoms with Gasteiger partial charge in [-0.05, 0) is 36.4 Å². The summed E-state index contributed by atoms with van der Waals surface area (Å²) in [5.41, 5.74) is 1.45. The van der Waals surface area contributed by atoms with Gasteiger partial charge in [-0.1, -0.05) is 19.1 Å². The highest BCUT2D eigenvalue weighted by Gasteiger charge is 2.21. The molecular formula is C18H20N2O4S. The maximum atomic E-state index is 12.4. The first-order valence-electron chi connectivity index (χ1n) is 8.00. The van der Waals surface area contributed by atoms with Gasteiger partial charge in [0.15, 0.2) is 0 Å². The molecule has 0 amide bonds. The van der Waals surface area contributed by atoms with Crippen molar-refractivity contribution in [2.45, 2.75) is 18.6 Å². The van der Waals surface area contributed by atoms with Gasteiger partial charge >= 0.3 is 0 Å². The maximum absolute atomic E-state index is 12.4. The number of sulfone groups is 1. The number of methoxy groups -OCH3 is 1. The quantitative estimate of drug-likeness (QED) is 0.648. The molecule has 2 aromatic carbocycles. The first kappa shape index (κ1) is 17.3. The summed E-state index contributed by atoms with van der Waals surface area (Å²) < 4.78 is 37.3. The zero-order valence-corrected chi connectivity index (χ0v) is 15.0. The van der Waals surface area contributed by atoms with Gasteiger partial charge in [0, 0.05) is 0 Å². The molecule has 3 rings (SSSR count). The Hall–Kier alpha value is -2.54. The predicted octanol–water partition coefficient (Wildman–Crippen LogP) is 2.92. The van der Waals surface area contributed by atoms with E-state index in [1.807, 2.05) is 48.5 Å². The van der Waals surface area contributed by atoms with E-state index in [4.69, 9.17) is 9.47 Å². The van der Waals surface area contributed by atoms with Gasteiger partial charge in [0.2, 0.25) is 15.0 Å². The first-order valence-corrected chi connectivity index (χ1v) is 9.65. The van der Waals surface area contributed by atoms with E-state index in [9.17, 15) is 8.42 Å². The summed E-state index contributed by atoms with van der Waals surface area (Å²) in [6.45, 7) is 2.34. The van der Waals surface area contributed by atoms with Crippen molar-refractivity contribution >= 4 is 20.9 Å². The lowest BCUT2D eigenvalue weighted by molar-refractivity contribution is 0.294. The number of fused-ring (bicyclic) bond motifs is 1. The molecule has 1 heterocycles. The van der Waals surface area contributed by atoms with E-state index in [1.54, 1.807) is 18.6 Å². The molecule has 0 aliphatic rings. The first-order chi connectivity index (χ1) is 12.0. The van der Waals surface area contributed by atoms with Gasteiger partial charge in [0.05, 0.1) is 30.4 Å². The topological polar surface area (TPSA) is 70.4 Å². The minimum atomic E-state index is -3.41. The Balaban J connectivity index is 1.83. The second-order valence-corrected chi connectivity index (χ2v) is 7.63. The van der Waals surface area contributed by atoms with E-state index in [-0.39, 0.29) is 10.9 Å². The van der Waals surface area contributed by atoms with Crippen molar-refractivity contribution in [2.24, 2.45) is 0 Å². The Bertz CT molecular complexity index is 962. The number of benzene rings is 2. The number of hydrogen-bond donors (Lipinski definition) is 0. The monoisotopic (exact) mass is 360 g/mol. The van der Waals surface area contributed by atoms with E-state index in [2.05, 4.69) is 4.98 Å². The van der Waals surface area contributed by atoms with Crippen molar-refractivity contribution in [3.8, 4) is 11.5 Å². The molecule has 0 unspecified atom stereocenters. The Kier molecular flexibility index (Phi) is 4.94. The molecule has 3 aromatic rings. The third kappa shape index (κ3) is 3.61. The van der Waals surface area contributed by atoms with Crippen LogP contribution in [-0.2, 0) is 16.4 Å². The number of hydrogen-bond acceptors (Lipinski definition) is 5. The molecule has 0 saturated carbocycles. The van der Waals surface area contributed by atoms with Crippen LogP contribution < -0.4 is 9.47 Å².